The van der Waals surface area contributed by atoms with Crippen LogP contribution >= 0.6 is 0 Å². The molecule has 1 aromatic heterocycles. The fourth-order valence-electron chi connectivity index (χ4n) is 2.44. The van der Waals surface area contributed by atoms with Gasteiger partial charge in [-0.1, -0.05) is 32.9 Å². The van der Waals surface area contributed by atoms with E-state index < -0.39 is 18.0 Å². The minimum atomic E-state index is -4.51. The van der Waals surface area contributed by atoms with Crippen LogP contribution in [0.2, 0.25) is 0 Å². The zero-order valence-corrected chi connectivity index (χ0v) is 16.8. The van der Waals surface area contributed by atoms with Crippen LogP contribution in [0.1, 0.15) is 32.0 Å². The summed E-state index contributed by atoms with van der Waals surface area (Å²) in [5, 5.41) is 15.7. The Kier molecular flexibility index (Phi) is 7.80. The maximum atomic E-state index is 12.6. The topological polar surface area (TPSA) is 79.3 Å². The zero-order valence-electron chi connectivity index (χ0n) is 16.8. The Morgan fingerprint density at radius 1 is 1.07 bits per heavy atom. The van der Waals surface area contributed by atoms with Gasteiger partial charge in [0.25, 0.3) is 0 Å². The van der Waals surface area contributed by atoms with Crippen LogP contribution in [0.5, 0.6) is 5.75 Å². The van der Waals surface area contributed by atoms with Crippen molar-refractivity contribution in [1.82, 2.24) is 15.3 Å². The average Bonchev–Trinajstić information content (AvgIpc) is 2.65. The van der Waals surface area contributed by atoms with Crippen LogP contribution in [0.25, 0.3) is 0 Å². The summed E-state index contributed by atoms with van der Waals surface area (Å²) in [5.41, 5.74) is 0.269. The number of ether oxygens (including phenoxy) is 1. The number of hydrogen-bond donors (Lipinski definition) is 3. The normalized spacial score (nSPS) is 13.2. The van der Waals surface area contributed by atoms with E-state index >= 15 is 0 Å². The van der Waals surface area contributed by atoms with Crippen LogP contribution in [-0.2, 0) is 11.6 Å². The first-order valence-corrected chi connectivity index (χ1v) is 9.32. The molecule has 3 N–H and O–H groups in total. The van der Waals surface area contributed by atoms with Gasteiger partial charge in [0.2, 0.25) is 5.95 Å². The molecule has 160 valence electrons. The van der Waals surface area contributed by atoms with Crippen molar-refractivity contribution in [3.8, 4) is 5.75 Å². The molecule has 0 unspecified atom stereocenters. The van der Waals surface area contributed by atoms with E-state index in [1.54, 1.807) is 0 Å². The van der Waals surface area contributed by atoms with E-state index in [-0.39, 0.29) is 24.5 Å². The van der Waals surface area contributed by atoms with Crippen molar-refractivity contribution in [2.75, 3.05) is 31.6 Å². The highest BCUT2D eigenvalue weighted by molar-refractivity contribution is 5.31. The predicted molar refractivity (Wildman–Crippen MR) is 105 cm³/mol. The molecular weight excluding hydrogens is 385 g/mol. The molecule has 0 radical (unpaired) electrons. The number of halogens is 3. The third kappa shape index (κ3) is 7.86. The Morgan fingerprint density at radius 3 is 2.38 bits per heavy atom. The molecule has 29 heavy (non-hydrogen) atoms. The fraction of sp³-hybridized carbons (Fsp3) is 0.500. The van der Waals surface area contributed by atoms with Crippen LogP contribution in [0.15, 0.2) is 36.5 Å². The van der Waals surface area contributed by atoms with Gasteiger partial charge in [0.05, 0.1) is 0 Å². The summed E-state index contributed by atoms with van der Waals surface area (Å²) >= 11 is 0. The van der Waals surface area contributed by atoms with Crippen LogP contribution < -0.4 is 15.4 Å². The summed E-state index contributed by atoms with van der Waals surface area (Å²) < 4.78 is 43.4. The van der Waals surface area contributed by atoms with Gasteiger partial charge >= 0.3 is 6.18 Å². The van der Waals surface area contributed by atoms with Gasteiger partial charge in [-0.2, -0.15) is 13.2 Å². The van der Waals surface area contributed by atoms with E-state index in [1.165, 1.54) is 5.56 Å². The monoisotopic (exact) mass is 412 g/mol. The molecule has 0 aliphatic heterocycles. The SMILES string of the molecule is CC(C)(C)c1ccc(OC[C@@H](O)CNCCNc2nccc(C(F)(F)F)n2)cc1. The third-order valence-electron chi connectivity index (χ3n) is 4.07. The van der Waals surface area contributed by atoms with Gasteiger partial charge in [0.1, 0.15) is 24.2 Å². The second kappa shape index (κ2) is 9.89. The lowest BCUT2D eigenvalue weighted by Gasteiger charge is -2.19. The molecule has 0 spiro atoms. The Balaban J connectivity index is 1.64. The summed E-state index contributed by atoms with van der Waals surface area (Å²) in [5.74, 6) is 0.588. The van der Waals surface area contributed by atoms with Crippen molar-refractivity contribution >= 4 is 5.95 Å². The Labute approximate surface area is 168 Å². The summed E-state index contributed by atoms with van der Waals surface area (Å²) in [6.07, 6.45) is -4.17. The number of benzene rings is 1. The van der Waals surface area contributed by atoms with Crippen molar-refractivity contribution in [2.24, 2.45) is 0 Å². The first-order valence-electron chi connectivity index (χ1n) is 9.32. The molecule has 2 rings (SSSR count). The highest BCUT2D eigenvalue weighted by Gasteiger charge is 2.32. The number of nitrogens with one attached hydrogen (secondary N) is 2. The summed E-state index contributed by atoms with van der Waals surface area (Å²) in [6, 6.07) is 8.57. The van der Waals surface area contributed by atoms with E-state index in [0.717, 1.165) is 12.3 Å². The van der Waals surface area contributed by atoms with Crippen LogP contribution in [0.3, 0.4) is 0 Å². The minimum Gasteiger partial charge on any atom is -0.491 e. The smallest absolute Gasteiger partial charge is 0.433 e. The lowest BCUT2D eigenvalue weighted by atomic mass is 9.87. The highest BCUT2D eigenvalue weighted by atomic mass is 19.4. The van der Waals surface area contributed by atoms with Gasteiger partial charge in [0.15, 0.2) is 0 Å². The molecule has 6 nitrogen and oxygen atoms in total. The van der Waals surface area contributed by atoms with Crippen molar-refractivity contribution in [3.05, 3.63) is 47.8 Å². The number of nitrogens with zero attached hydrogens (tertiary/aromatic N) is 2. The standard InChI is InChI=1S/C20H27F3N4O2/c1-19(2,3)14-4-6-16(7-5-14)29-13-15(28)12-24-10-11-26-18-25-9-8-17(27-18)20(21,22)23/h4-9,15,24,28H,10-13H2,1-3H3,(H,25,26,27)/t15-/m0/s1. The maximum Gasteiger partial charge on any atom is 0.433 e. The van der Waals surface area contributed by atoms with E-state index in [0.29, 0.717) is 18.8 Å². The number of alkyl halides is 3. The second-order valence-electron chi connectivity index (χ2n) is 7.63. The maximum absolute atomic E-state index is 12.6. The number of anilines is 1. The Bertz CT molecular complexity index is 762. The molecule has 0 saturated carbocycles. The van der Waals surface area contributed by atoms with Gasteiger partial charge in [-0.3, -0.25) is 0 Å². The minimum absolute atomic E-state index is 0.0646. The molecule has 0 aliphatic carbocycles. The predicted octanol–water partition coefficient (Wildman–Crippen LogP) is 3.23. The van der Waals surface area contributed by atoms with Crippen molar-refractivity contribution < 1.29 is 23.0 Å². The molecule has 2 aromatic rings. The molecule has 0 amide bonds. The van der Waals surface area contributed by atoms with Crippen LogP contribution in [0.4, 0.5) is 19.1 Å². The van der Waals surface area contributed by atoms with E-state index in [1.807, 2.05) is 24.3 Å². The molecule has 0 saturated heterocycles. The van der Waals surface area contributed by atoms with Crippen molar-refractivity contribution in [1.29, 1.82) is 0 Å². The van der Waals surface area contributed by atoms with Gasteiger partial charge in [-0.05, 0) is 29.2 Å². The van der Waals surface area contributed by atoms with Gasteiger partial charge in [-0.25, -0.2) is 9.97 Å². The zero-order chi connectivity index (χ0) is 21.5. The summed E-state index contributed by atoms with van der Waals surface area (Å²) in [6.45, 7) is 7.53. The fourth-order valence-corrected chi connectivity index (χ4v) is 2.44. The third-order valence-corrected chi connectivity index (χ3v) is 4.07. The lowest BCUT2D eigenvalue weighted by molar-refractivity contribution is -0.141. The molecule has 1 atom stereocenters. The molecule has 1 aromatic carbocycles. The van der Waals surface area contributed by atoms with Crippen molar-refractivity contribution in [2.45, 2.75) is 38.5 Å². The molecule has 0 aliphatic rings. The first kappa shape index (κ1) is 22.9. The van der Waals surface area contributed by atoms with Gasteiger partial charge in [0, 0.05) is 25.8 Å². The largest absolute Gasteiger partial charge is 0.491 e. The number of hydrogen-bond acceptors (Lipinski definition) is 6. The average molecular weight is 412 g/mol. The van der Waals surface area contributed by atoms with Crippen molar-refractivity contribution in [3.63, 3.8) is 0 Å². The van der Waals surface area contributed by atoms with Gasteiger partial charge < -0.3 is 20.5 Å². The van der Waals surface area contributed by atoms with Crippen LogP contribution in [0, 0.1) is 0 Å². The summed E-state index contributed by atoms with van der Waals surface area (Å²) in [7, 11) is 0. The van der Waals surface area contributed by atoms with E-state index in [9.17, 15) is 18.3 Å². The Hall–Kier alpha value is -2.39. The molecule has 0 bridgehead atoms. The second-order valence-corrected chi connectivity index (χ2v) is 7.63. The number of aromatic nitrogens is 2. The quantitative estimate of drug-likeness (QED) is 0.549. The van der Waals surface area contributed by atoms with Crippen LogP contribution in [-0.4, -0.2) is 47.4 Å². The summed E-state index contributed by atoms with van der Waals surface area (Å²) in [4.78, 5) is 7.17. The number of aliphatic hydroxyl groups is 1. The Morgan fingerprint density at radius 2 is 1.76 bits per heavy atom. The van der Waals surface area contributed by atoms with Gasteiger partial charge in [-0.15, -0.1) is 0 Å². The molecule has 0 fully saturated rings. The molecule has 1 heterocycles. The van der Waals surface area contributed by atoms with E-state index in [4.69, 9.17) is 4.74 Å². The first-order chi connectivity index (χ1) is 13.6. The lowest BCUT2D eigenvalue weighted by Crippen LogP contribution is -2.34. The number of rotatable bonds is 9. The highest BCUT2D eigenvalue weighted by Crippen LogP contribution is 2.27. The molecule has 9 heteroatoms. The number of aliphatic hydroxyl groups excluding tert-OH is 1. The van der Waals surface area contributed by atoms with E-state index in [2.05, 4.69) is 41.4 Å². The molecular formula is C20H27F3N4O2.